The first-order chi connectivity index (χ1) is 12.2. The van der Waals surface area contributed by atoms with E-state index in [1.165, 1.54) is 12.1 Å². The van der Waals surface area contributed by atoms with Crippen LogP contribution < -0.4 is 9.64 Å². The molecule has 3 rings (SSSR count). The molecule has 0 unspecified atom stereocenters. The zero-order valence-corrected chi connectivity index (χ0v) is 13.7. The summed E-state index contributed by atoms with van der Waals surface area (Å²) in [5.74, 6) is 0.715. The number of carbonyl (C=O) groups excluding carboxylic acids is 1. The molecule has 0 aliphatic carbocycles. The monoisotopic (exact) mass is 336 g/mol. The van der Waals surface area contributed by atoms with Crippen LogP contribution in [0, 0.1) is 5.82 Å². The van der Waals surface area contributed by atoms with E-state index in [0.29, 0.717) is 23.7 Å². The van der Waals surface area contributed by atoms with Crippen molar-refractivity contribution >= 4 is 11.7 Å². The van der Waals surface area contributed by atoms with Crippen LogP contribution in [0.4, 0.5) is 10.2 Å². The zero-order valence-electron chi connectivity index (χ0n) is 13.7. The Labute approximate surface area is 145 Å². The molecule has 0 atom stereocenters. The molecule has 1 heterocycles. The Balaban J connectivity index is 1.92. The third-order valence-electron chi connectivity index (χ3n) is 3.76. The highest BCUT2D eigenvalue weighted by atomic mass is 19.1. The highest BCUT2D eigenvalue weighted by Crippen LogP contribution is 2.19. The number of methoxy groups -OCH3 is 1. The first kappa shape index (κ1) is 16.6. The van der Waals surface area contributed by atoms with Gasteiger partial charge in [0.2, 0.25) is 0 Å². The van der Waals surface area contributed by atoms with E-state index in [0.717, 1.165) is 5.56 Å². The second-order valence-corrected chi connectivity index (χ2v) is 5.43. The lowest BCUT2D eigenvalue weighted by Crippen LogP contribution is -2.31. The van der Waals surface area contributed by atoms with Crippen molar-refractivity contribution in [3.05, 3.63) is 89.9 Å². The van der Waals surface area contributed by atoms with Crippen LogP contribution in [0.3, 0.4) is 0 Å². The highest BCUT2D eigenvalue weighted by molar-refractivity contribution is 6.05. The van der Waals surface area contributed by atoms with Crippen molar-refractivity contribution in [1.29, 1.82) is 0 Å². The van der Waals surface area contributed by atoms with Crippen molar-refractivity contribution < 1.29 is 13.9 Å². The Morgan fingerprint density at radius 3 is 2.36 bits per heavy atom. The van der Waals surface area contributed by atoms with Crippen molar-refractivity contribution in [3.63, 3.8) is 0 Å². The third kappa shape index (κ3) is 4.01. The van der Waals surface area contributed by atoms with Crippen LogP contribution in [0.15, 0.2) is 72.9 Å². The topological polar surface area (TPSA) is 42.4 Å². The first-order valence-electron chi connectivity index (χ1n) is 7.79. The number of carbonyl (C=O) groups is 1. The van der Waals surface area contributed by atoms with E-state index in [9.17, 15) is 9.18 Å². The number of rotatable bonds is 5. The minimum atomic E-state index is -0.311. The summed E-state index contributed by atoms with van der Waals surface area (Å²) in [7, 11) is 1.57. The number of anilines is 1. The second-order valence-electron chi connectivity index (χ2n) is 5.43. The van der Waals surface area contributed by atoms with Gasteiger partial charge in [0, 0.05) is 11.8 Å². The zero-order chi connectivity index (χ0) is 17.6. The molecule has 0 aliphatic heterocycles. The molecule has 25 heavy (non-hydrogen) atoms. The number of benzene rings is 2. The number of hydrogen-bond acceptors (Lipinski definition) is 3. The molecule has 5 heteroatoms. The molecule has 4 nitrogen and oxygen atoms in total. The minimum absolute atomic E-state index is 0.189. The summed E-state index contributed by atoms with van der Waals surface area (Å²) in [6.45, 7) is 0.294. The van der Waals surface area contributed by atoms with Crippen LogP contribution >= 0.6 is 0 Å². The van der Waals surface area contributed by atoms with Gasteiger partial charge in [0.15, 0.2) is 0 Å². The quantitative estimate of drug-likeness (QED) is 0.705. The standard InChI is InChI=1S/C20H17FN2O2/c1-25-18-11-7-16(8-12-18)20(24)23(19-4-2-3-13-22-19)14-15-5-9-17(21)10-6-15/h2-13H,14H2,1H3. The molecule has 126 valence electrons. The summed E-state index contributed by atoms with van der Waals surface area (Å²) in [6, 6.07) is 18.4. The summed E-state index contributed by atoms with van der Waals surface area (Å²) >= 11 is 0. The largest absolute Gasteiger partial charge is 0.497 e. The van der Waals surface area contributed by atoms with Crippen molar-refractivity contribution in [1.82, 2.24) is 4.98 Å². The maximum absolute atomic E-state index is 13.1. The van der Waals surface area contributed by atoms with E-state index in [1.54, 1.807) is 66.7 Å². The van der Waals surface area contributed by atoms with Gasteiger partial charge < -0.3 is 4.74 Å². The number of halogens is 1. The number of amides is 1. The fraction of sp³-hybridized carbons (Fsp3) is 0.100. The van der Waals surface area contributed by atoms with Gasteiger partial charge in [-0.15, -0.1) is 0 Å². The lowest BCUT2D eigenvalue weighted by molar-refractivity contribution is 0.0984. The van der Waals surface area contributed by atoms with Gasteiger partial charge in [-0.1, -0.05) is 18.2 Å². The maximum atomic E-state index is 13.1. The lowest BCUT2D eigenvalue weighted by atomic mass is 10.1. The molecule has 2 aromatic carbocycles. The first-order valence-corrected chi connectivity index (χ1v) is 7.79. The SMILES string of the molecule is COc1ccc(C(=O)N(Cc2ccc(F)cc2)c2ccccn2)cc1. The van der Waals surface area contributed by atoms with Gasteiger partial charge in [-0.05, 0) is 54.1 Å². The Morgan fingerprint density at radius 1 is 1.04 bits per heavy atom. The Bertz CT molecular complexity index is 834. The molecular formula is C20H17FN2O2. The van der Waals surface area contributed by atoms with Gasteiger partial charge >= 0.3 is 0 Å². The normalized spacial score (nSPS) is 10.3. The van der Waals surface area contributed by atoms with E-state index in [1.807, 2.05) is 6.07 Å². The van der Waals surface area contributed by atoms with Gasteiger partial charge in [0.25, 0.3) is 5.91 Å². The van der Waals surface area contributed by atoms with E-state index in [-0.39, 0.29) is 11.7 Å². The van der Waals surface area contributed by atoms with Crippen LogP contribution in [-0.2, 0) is 6.54 Å². The number of ether oxygens (including phenoxy) is 1. The summed E-state index contributed by atoms with van der Waals surface area (Å²) in [5, 5.41) is 0. The number of aromatic nitrogens is 1. The van der Waals surface area contributed by atoms with Crippen LogP contribution in [0.25, 0.3) is 0 Å². The summed E-state index contributed by atoms with van der Waals surface area (Å²) < 4.78 is 18.3. The van der Waals surface area contributed by atoms with Gasteiger partial charge in [-0.3, -0.25) is 9.69 Å². The van der Waals surface area contributed by atoms with E-state index in [2.05, 4.69) is 4.98 Å². The van der Waals surface area contributed by atoms with E-state index >= 15 is 0 Å². The third-order valence-corrected chi connectivity index (χ3v) is 3.76. The smallest absolute Gasteiger partial charge is 0.259 e. The molecule has 0 radical (unpaired) electrons. The average molecular weight is 336 g/mol. The van der Waals surface area contributed by atoms with Crippen molar-refractivity contribution in [2.45, 2.75) is 6.54 Å². The van der Waals surface area contributed by atoms with Crippen LogP contribution in [0.1, 0.15) is 15.9 Å². The van der Waals surface area contributed by atoms with Crippen molar-refractivity contribution in [3.8, 4) is 5.75 Å². The van der Waals surface area contributed by atoms with Crippen LogP contribution in [-0.4, -0.2) is 18.0 Å². The van der Waals surface area contributed by atoms with Gasteiger partial charge in [0.1, 0.15) is 17.4 Å². The predicted molar refractivity (Wildman–Crippen MR) is 94.1 cm³/mol. The molecule has 1 aromatic heterocycles. The van der Waals surface area contributed by atoms with Crippen LogP contribution in [0.5, 0.6) is 5.75 Å². The molecule has 0 spiro atoms. The fourth-order valence-electron chi connectivity index (χ4n) is 2.43. The number of pyridine rings is 1. The molecule has 3 aromatic rings. The molecular weight excluding hydrogens is 319 g/mol. The van der Waals surface area contributed by atoms with Crippen molar-refractivity contribution in [2.75, 3.05) is 12.0 Å². The summed E-state index contributed by atoms with van der Waals surface area (Å²) in [5.41, 5.74) is 1.34. The van der Waals surface area contributed by atoms with E-state index in [4.69, 9.17) is 4.74 Å². The highest BCUT2D eigenvalue weighted by Gasteiger charge is 2.19. The van der Waals surface area contributed by atoms with Gasteiger partial charge in [0.05, 0.1) is 13.7 Å². The molecule has 0 bridgehead atoms. The van der Waals surface area contributed by atoms with E-state index < -0.39 is 0 Å². The molecule has 0 saturated heterocycles. The van der Waals surface area contributed by atoms with Crippen molar-refractivity contribution in [2.24, 2.45) is 0 Å². The molecule has 0 N–H and O–H groups in total. The Hall–Kier alpha value is -3.21. The van der Waals surface area contributed by atoms with Gasteiger partial charge in [-0.25, -0.2) is 9.37 Å². The number of nitrogens with zero attached hydrogens (tertiary/aromatic N) is 2. The molecule has 0 saturated carbocycles. The second kappa shape index (κ2) is 7.57. The minimum Gasteiger partial charge on any atom is -0.497 e. The van der Waals surface area contributed by atoms with Gasteiger partial charge in [-0.2, -0.15) is 0 Å². The molecule has 0 fully saturated rings. The fourth-order valence-corrected chi connectivity index (χ4v) is 2.43. The summed E-state index contributed by atoms with van der Waals surface area (Å²) in [4.78, 5) is 18.8. The number of hydrogen-bond donors (Lipinski definition) is 0. The lowest BCUT2D eigenvalue weighted by Gasteiger charge is -2.22. The predicted octanol–water partition coefficient (Wildman–Crippen LogP) is 4.08. The maximum Gasteiger partial charge on any atom is 0.259 e. The van der Waals surface area contributed by atoms with Crippen LogP contribution in [0.2, 0.25) is 0 Å². The summed E-state index contributed by atoms with van der Waals surface area (Å²) in [6.07, 6.45) is 1.63. The average Bonchev–Trinajstić information content (AvgIpc) is 2.68. The Morgan fingerprint density at radius 2 is 1.76 bits per heavy atom. The Kier molecular flexibility index (Phi) is 5.04. The molecule has 0 aliphatic rings. The molecule has 1 amide bonds.